The first-order valence-corrected chi connectivity index (χ1v) is 6.10. The number of benzene rings is 1. The molecule has 0 fully saturated rings. The van der Waals surface area contributed by atoms with Crippen molar-refractivity contribution < 1.29 is 14.3 Å². The van der Waals surface area contributed by atoms with Crippen LogP contribution in [0.1, 0.15) is 17.3 Å². The van der Waals surface area contributed by atoms with Crippen molar-refractivity contribution in [3.05, 3.63) is 28.8 Å². The maximum Gasteiger partial charge on any atom is 0.338 e. The summed E-state index contributed by atoms with van der Waals surface area (Å²) in [5.41, 5.74) is 0.373. The molecule has 98 valence electrons. The van der Waals surface area contributed by atoms with E-state index in [1.54, 1.807) is 38.1 Å². The lowest BCUT2D eigenvalue weighted by Crippen LogP contribution is -2.25. The van der Waals surface area contributed by atoms with E-state index in [4.69, 9.17) is 33.3 Å². The molecule has 6 heteroatoms. The smallest absolute Gasteiger partial charge is 0.338 e. The second-order valence-electron chi connectivity index (χ2n) is 3.63. The second kappa shape index (κ2) is 6.56. The van der Waals surface area contributed by atoms with Gasteiger partial charge in [-0.2, -0.15) is 0 Å². The molecule has 0 amide bonds. The molecule has 1 aromatic carbocycles. The molecule has 18 heavy (non-hydrogen) atoms. The molecule has 1 aromatic rings. The molecule has 0 heterocycles. The van der Waals surface area contributed by atoms with Crippen LogP contribution in [0.2, 0.25) is 5.02 Å². The number of thiocarbonyl (C=S) groups is 1. The lowest BCUT2D eigenvalue weighted by atomic mass is 10.2. The predicted octanol–water partition coefficient (Wildman–Crippen LogP) is 2.74. The first-order chi connectivity index (χ1) is 8.45. The van der Waals surface area contributed by atoms with Crippen LogP contribution < -0.4 is 4.74 Å². The van der Waals surface area contributed by atoms with Crippen molar-refractivity contribution in [1.29, 1.82) is 0 Å². The van der Waals surface area contributed by atoms with Gasteiger partial charge in [-0.1, -0.05) is 11.6 Å². The number of hydrogen-bond donors (Lipinski definition) is 0. The number of nitrogens with zero attached hydrogens (tertiary/aromatic N) is 1. The highest BCUT2D eigenvalue weighted by Gasteiger charge is 2.12. The van der Waals surface area contributed by atoms with Gasteiger partial charge in [0.15, 0.2) is 0 Å². The Kier molecular flexibility index (Phi) is 5.37. The maximum absolute atomic E-state index is 11.6. The summed E-state index contributed by atoms with van der Waals surface area (Å²) in [6, 6.07) is 4.66. The lowest BCUT2D eigenvalue weighted by molar-refractivity contribution is 0.0526. The Bertz CT molecular complexity index is 463. The van der Waals surface area contributed by atoms with Crippen molar-refractivity contribution in [1.82, 2.24) is 4.90 Å². The van der Waals surface area contributed by atoms with Gasteiger partial charge in [0, 0.05) is 14.1 Å². The molecular weight excluding hydrogens is 274 g/mol. The largest absolute Gasteiger partial charge is 0.462 e. The highest BCUT2D eigenvalue weighted by Crippen LogP contribution is 2.26. The maximum atomic E-state index is 11.6. The first-order valence-electron chi connectivity index (χ1n) is 5.31. The number of rotatable bonds is 3. The van der Waals surface area contributed by atoms with Crippen LogP contribution in [-0.2, 0) is 4.74 Å². The van der Waals surface area contributed by atoms with E-state index in [0.29, 0.717) is 22.9 Å². The molecule has 0 aliphatic carbocycles. The van der Waals surface area contributed by atoms with Crippen LogP contribution in [0, 0.1) is 0 Å². The Morgan fingerprint density at radius 3 is 2.67 bits per heavy atom. The predicted molar refractivity (Wildman–Crippen MR) is 74.3 cm³/mol. The van der Waals surface area contributed by atoms with Crippen molar-refractivity contribution in [2.24, 2.45) is 0 Å². The van der Waals surface area contributed by atoms with E-state index in [2.05, 4.69) is 0 Å². The number of hydrogen-bond acceptors (Lipinski definition) is 4. The molecule has 0 spiro atoms. The summed E-state index contributed by atoms with van der Waals surface area (Å²) in [5.74, 6) is -0.0873. The summed E-state index contributed by atoms with van der Waals surface area (Å²) < 4.78 is 10.3. The fourth-order valence-electron chi connectivity index (χ4n) is 1.11. The standard InChI is InChI=1S/C12H14ClNO3S/c1-4-16-11(15)8-5-6-9(13)10(7-8)17-12(18)14(2)3/h5-7H,4H2,1-3H3. The number of carbonyl (C=O) groups excluding carboxylic acids is 1. The van der Waals surface area contributed by atoms with Crippen LogP contribution in [0.5, 0.6) is 5.75 Å². The summed E-state index contributed by atoms with van der Waals surface area (Å²) in [7, 11) is 3.51. The molecule has 1 rings (SSSR count). The summed E-state index contributed by atoms with van der Waals surface area (Å²) in [5, 5.41) is 0.644. The van der Waals surface area contributed by atoms with Gasteiger partial charge in [-0.05, 0) is 37.3 Å². The van der Waals surface area contributed by atoms with Gasteiger partial charge in [0.1, 0.15) is 5.75 Å². The van der Waals surface area contributed by atoms with Crippen molar-refractivity contribution in [2.45, 2.75) is 6.92 Å². The molecule has 0 N–H and O–H groups in total. The van der Waals surface area contributed by atoms with Gasteiger partial charge < -0.3 is 14.4 Å². The molecular formula is C12H14ClNO3S. The van der Waals surface area contributed by atoms with Crippen LogP contribution in [0.25, 0.3) is 0 Å². The fourth-order valence-corrected chi connectivity index (χ4v) is 1.35. The van der Waals surface area contributed by atoms with Gasteiger partial charge in [0.2, 0.25) is 0 Å². The second-order valence-corrected chi connectivity index (χ2v) is 4.38. The third-order valence-corrected chi connectivity index (χ3v) is 2.77. The highest BCUT2D eigenvalue weighted by atomic mass is 35.5. The Morgan fingerprint density at radius 2 is 2.11 bits per heavy atom. The van der Waals surface area contributed by atoms with Gasteiger partial charge in [0.05, 0.1) is 17.2 Å². The van der Waals surface area contributed by atoms with Gasteiger partial charge in [-0.25, -0.2) is 4.79 Å². The average Bonchev–Trinajstić information content (AvgIpc) is 2.31. The molecule has 0 aliphatic heterocycles. The normalized spacial score (nSPS) is 9.78. The van der Waals surface area contributed by atoms with Gasteiger partial charge in [-0.15, -0.1) is 0 Å². The summed E-state index contributed by atoms with van der Waals surface area (Å²) >= 11 is 11.0. The Hall–Kier alpha value is -1.33. The molecule has 0 saturated heterocycles. The minimum atomic E-state index is -0.421. The quantitative estimate of drug-likeness (QED) is 0.631. The highest BCUT2D eigenvalue weighted by molar-refractivity contribution is 7.80. The van der Waals surface area contributed by atoms with Gasteiger partial charge >= 0.3 is 5.97 Å². The van der Waals surface area contributed by atoms with Gasteiger partial charge in [-0.3, -0.25) is 0 Å². The van der Waals surface area contributed by atoms with E-state index < -0.39 is 5.97 Å². The number of halogens is 1. The first kappa shape index (κ1) is 14.7. The van der Waals surface area contributed by atoms with Crippen LogP contribution >= 0.6 is 23.8 Å². The van der Waals surface area contributed by atoms with E-state index in [9.17, 15) is 4.79 Å². The fraction of sp³-hybridized carbons (Fsp3) is 0.333. The number of esters is 1. The lowest BCUT2D eigenvalue weighted by Gasteiger charge is -2.15. The third kappa shape index (κ3) is 3.85. The van der Waals surface area contributed by atoms with Crippen molar-refractivity contribution >= 4 is 35.0 Å². The number of ether oxygens (including phenoxy) is 2. The van der Waals surface area contributed by atoms with E-state index in [1.165, 1.54) is 6.07 Å². The third-order valence-electron chi connectivity index (χ3n) is 2.00. The Morgan fingerprint density at radius 1 is 1.44 bits per heavy atom. The zero-order valence-electron chi connectivity index (χ0n) is 10.4. The van der Waals surface area contributed by atoms with E-state index >= 15 is 0 Å². The molecule has 0 radical (unpaired) electrons. The number of carbonyl (C=O) groups is 1. The van der Waals surface area contributed by atoms with Crippen LogP contribution in [0.15, 0.2) is 18.2 Å². The minimum absolute atomic E-state index is 0.262. The summed E-state index contributed by atoms with van der Waals surface area (Å²) in [6.45, 7) is 2.06. The molecule has 0 aromatic heterocycles. The van der Waals surface area contributed by atoms with Crippen LogP contribution in [0.3, 0.4) is 0 Å². The monoisotopic (exact) mass is 287 g/mol. The molecule has 0 aliphatic rings. The SMILES string of the molecule is CCOC(=O)c1ccc(Cl)c(OC(=S)N(C)C)c1. The van der Waals surface area contributed by atoms with Crippen molar-refractivity contribution in [3.8, 4) is 5.75 Å². The van der Waals surface area contributed by atoms with E-state index in [1.807, 2.05) is 0 Å². The Balaban J connectivity index is 2.94. The minimum Gasteiger partial charge on any atom is -0.462 e. The van der Waals surface area contributed by atoms with Crippen LogP contribution in [-0.4, -0.2) is 36.7 Å². The van der Waals surface area contributed by atoms with Crippen molar-refractivity contribution in [3.63, 3.8) is 0 Å². The average molecular weight is 288 g/mol. The molecule has 0 atom stereocenters. The molecule has 0 saturated carbocycles. The van der Waals surface area contributed by atoms with E-state index in [0.717, 1.165) is 0 Å². The summed E-state index contributed by atoms with van der Waals surface area (Å²) in [4.78, 5) is 13.2. The van der Waals surface area contributed by atoms with Gasteiger partial charge in [0.25, 0.3) is 5.17 Å². The zero-order valence-corrected chi connectivity index (χ0v) is 12.0. The molecule has 0 unspecified atom stereocenters. The van der Waals surface area contributed by atoms with Crippen LogP contribution in [0.4, 0.5) is 0 Å². The van der Waals surface area contributed by atoms with E-state index in [-0.39, 0.29) is 5.17 Å². The Labute approximate surface area is 116 Å². The van der Waals surface area contributed by atoms with Crippen molar-refractivity contribution in [2.75, 3.05) is 20.7 Å². The summed E-state index contributed by atoms with van der Waals surface area (Å²) in [6.07, 6.45) is 0. The molecule has 4 nitrogen and oxygen atoms in total. The topological polar surface area (TPSA) is 38.8 Å². The zero-order chi connectivity index (χ0) is 13.7. The molecule has 0 bridgehead atoms.